The fourth-order valence-corrected chi connectivity index (χ4v) is 1.81. The van der Waals surface area contributed by atoms with Crippen molar-refractivity contribution >= 4 is 17.3 Å². The fourth-order valence-electron chi connectivity index (χ4n) is 1.19. The zero-order chi connectivity index (χ0) is 10.5. The summed E-state index contributed by atoms with van der Waals surface area (Å²) in [5.74, 6) is 0.687. The van der Waals surface area contributed by atoms with Crippen LogP contribution in [0.3, 0.4) is 0 Å². The molecule has 0 aliphatic heterocycles. The highest BCUT2D eigenvalue weighted by molar-refractivity contribution is 7.09. The van der Waals surface area contributed by atoms with Crippen LogP contribution in [-0.2, 0) is 6.42 Å². The minimum absolute atomic E-state index is 0.687. The molecule has 78 valence electrons. The molecule has 0 amide bonds. The summed E-state index contributed by atoms with van der Waals surface area (Å²) in [5, 5.41) is 6.29. The van der Waals surface area contributed by atoms with Crippen molar-refractivity contribution in [1.29, 1.82) is 0 Å². The third-order valence-corrected chi connectivity index (χ3v) is 2.74. The topological polar surface area (TPSA) is 50.7 Å². The Balaban J connectivity index is 1.83. The highest BCUT2D eigenvalue weighted by Gasteiger charge is 1.97. The Bertz CT molecular complexity index is 413. The van der Waals surface area contributed by atoms with Crippen LogP contribution >= 0.6 is 11.3 Å². The van der Waals surface area contributed by atoms with Gasteiger partial charge in [0, 0.05) is 36.4 Å². The standard InChI is InChI=1S/C10H12N4S/c1-8-2-4-12-10(14-8)13-5-3-9-11-6-7-15-9/h2,4,6-7H,3,5H2,1H3,(H,12,13,14). The van der Waals surface area contributed by atoms with Crippen LogP contribution < -0.4 is 5.32 Å². The van der Waals surface area contributed by atoms with Gasteiger partial charge in [-0.15, -0.1) is 11.3 Å². The lowest BCUT2D eigenvalue weighted by molar-refractivity contribution is 0.962. The van der Waals surface area contributed by atoms with Crippen LogP contribution in [0.25, 0.3) is 0 Å². The zero-order valence-corrected chi connectivity index (χ0v) is 9.29. The van der Waals surface area contributed by atoms with Crippen molar-refractivity contribution in [3.8, 4) is 0 Å². The first-order valence-corrected chi connectivity index (χ1v) is 5.64. The first-order valence-electron chi connectivity index (χ1n) is 4.76. The van der Waals surface area contributed by atoms with E-state index in [1.807, 2.05) is 24.6 Å². The quantitative estimate of drug-likeness (QED) is 0.855. The molecule has 0 unspecified atom stereocenters. The predicted molar refractivity (Wildman–Crippen MR) is 61.1 cm³/mol. The van der Waals surface area contributed by atoms with Gasteiger partial charge >= 0.3 is 0 Å². The van der Waals surface area contributed by atoms with Gasteiger partial charge in [0.1, 0.15) is 0 Å². The lowest BCUT2D eigenvalue weighted by Crippen LogP contribution is -2.07. The van der Waals surface area contributed by atoms with Gasteiger partial charge in [-0.1, -0.05) is 0 Å². The van der Waals surface area contributed by atoms with Crippen molar-refractivity contribution in [2.75, 3.05) is 11.9 Å². The van der Waals surface area contributed by atoms with Crippen LogP contribution in [0.5, 0.6) is 0 Å². The van der Waals surface area contributed by atoms with Crippen LogP contribution in [0, 0.1) is 6.92 Å². The Hall–Kier alpha value is -1.49. The molecule has 0 saturated carbocycles. The highest BCUT2D eigenvalue weighted by atomic mass is 32.1. The molecule has 1 N–H and O–H groups in total. The Morgan fingerprint density at radius 1 is 1.33 bits per heavy atom. The average molecular weight is 220 g/mol. The summed E-state index contributed by atoms with van der Waals surface area (Å²) in [5.41, 5.74) is 0.974. The van der Waals surface area contributed by atoms with Crippen molar-refractivity contribution in [1.82, 2.24) is 15.0 Å². The highest BCUT2D eigenvalue weighted by Crippen LogP contribution is 2.05. The molecule has 0 saturated heterocycles. The van der Waals surface area contributed by atoms with E-state index in [4.69, 9.17) is 0 Å². The van der Waals surface area contributed by atoms with Gasteiger partial charge in [-0.25, -0.2) is 15.0 Å². The molecule has 0 spiro atoms. The van der Waals surface area contributed by atoms with Crippen LogP contribution in [-0.4, -0.2) is 21.5 Å². The molecule has 0 atom stereocenters. The third-order valence-electron chi connectivity index (χ3n) is 1.90. The molecule has 0 bridgehead atoms. The summed E-state index contributed by atoms with van der Waals surface area (Å²) in [6, 6.07) is 1.88. The van der Waals surface area contributed by atoms with E-state index >= 15 is 0 Å². The van der Waals surface area contributed by atoms with Gasteiger partial charge in [-0.05, 0) is 13.0 Å². The number of nitrogens with zero attached hydrogens (tertiary/aromatic N) is 3. The van der Waals surface area contributed by atoms with E-state index in [9.17, 15) is 0 Å². The molecule has 0 aliphatic rings. The summed E-state index contributed by atoms with van der Waals surface area (Å²) in [6.07, 6.45) is 4.49. The smallest absolute Gasteiger partial charge is 0.222 e. The Kier molecular flexibility index (Phi) is 3.24. The predicted octanol–water partition coefficient (Wildman–Crippen LogP) is 1.90. The molecule has 0 aliphatic carbocycles. The number of hydrogen-bond donors (Lipinski definition) is 1. The molecule has 2 heterocycles. The Labute approximate surface area is 92.4 Å². The van der Waals surface area contributed by atoms with Gasteiger partial charge in [0.05, 0.1) is 5.01 Å². The van der Waals surface area contributed by atoms with Gasteiger partial charge in [0.25, 0.3) is 0 Å². The molecule has 15 heavy (non-hydrogen) atoms. The molecular weight excluding hydrogens is 208 g/mol. The molecule has 0 fully saturated rings. The second-order valence-electron chi connectivity index (χ2n) is 3.12. The molecule has 0 radical (unpaired) electrons. The van der Waals surface area contributed by atoms with Crippen molar-refractivity contribution in [3.05, 3.63) is 34.5 Å². The summed E-state index contributed by atoms with van der Waals surface area (Å²) in [6.45, 7) is 2.77. The van der Waals surface area contributed by atoms with Gasteiger partial charge in [0.2, 0.25) is 5.95 Å². The minimum Gasteiger partial charge on any atom is -0.354 e. The maximum atomic E-state index is 4.25. The number of aromatic nitrogens is 3. The molecule has 2 aromatic rings. The van der Waals surface area contributed by atoms with E-state index in [1.54, 1.807) is 17.5 Å². The Morgan fingerprint density at radius 3 is 3.00 bits per heavy atom. The second kappa shape index (κ2) is 4.84. The molecule has 5 heteroatoms. The maximum absolute atomic E-state index is 4.25. The number of anilines is 1. The maximum Gasteiger partial charge on any atom is 0.222 e. The third kappa shape index (κ3) is 2.99. The van der Waals surface area contributed by atoms with Crippen molar-refractivity contribution < 1.29 is 0 Å². The Morgan fingerprint density at radius 2 is 2.27 bits per heavy atom. The van der Waals surface area contributed by atoms with Gasteiger partial charge < -0.3 is 5.32 Å². The molecule has 2 aromatic heterocycles. The summed E-state index contributed by atoms with van der Waals surface area (Å²) >= 11 is 1.67. The summed E-state index contributed by atoms with van der Waals surface area (Å²) in [7, 11) is 0. The largest absolute Gasteiger partial charge is 0.354 e. The SMILES string of the molecule is Cc1ccnc(NCCc2nccs2)n1. The summed E-state index contributed by atoms with van der Waals surface area (Å²) < 4.78 is 0. The van der Waals surface area contributed by atoms with E-state index < -0.39 is 0 Å². The van der Waals surface area contributed by atoms with E-state index in [0.717, 1.165) is 23.7 Å². The number of nitrogens with one attached hydrogen (secondary N) is 1. The van der Waals surface area contributed by atoms with Crippen LogP contribution in [0.1, 0.15) is 10.7 Å². The van der Waals surface area contributed by atoms with E-state index in [-0.39, 0.29) is 0 Å². The summed E-state index contributed by atoms with van der Waals surface area (Å²) in [4.78, 5) is 12.6. The lowest BCUT2D eigenvalue weighted by atomic mass is 10.4. The van der Waals surface area contributed by atoms with Gasteiger partial charge in [-0.3, -0.25) is 0 Å². The lowest BCUT2D eigenvalue weighted by Gasteiger charge is -2.02. The molecule has 0 aromatic carbocycles. The minimum atomic E-state index is 0.687. The van der Waals surface area contributed by atoms with E-state index in [1.165, 1.54) is 0 Å². The molecule has 2 rings (SSSR count). The number of aryl methyl sites for hydroxylation is 1. The number of hydrogen-bond acceptors (Lipinski definition) is 5. The van der Waals surface area contributed by atoms with Crippen molar-refractivity contribution in [3.63, 3.8) is 0 Å². The fraction of sp³-hybridized carbons (Fsp3) is 0.300. The van der Waals surface area contributed by atoms with Crippen LogP contribution in [0.15, 0.2) is 23.8 Å². The monoisotopic (exact) mass is 220 g/mol. The van der Waals surface area contributed by atoms with Crippen LogP contribution in [0.2, 0.25) is 0 Å². The number of rotatable bonds is 4. The second-order valence-corrected chi connectivity index (χ2v) is 4.10. The average Bonchev–Trinajstić information content (AvgIpc) is 2.71. The first-order chi connectivity index (χ1) is 7.34. The van der Waals surface area contributed by atoms with Crippen molar-refractivity contribution in [2.45, 2.75) is 13.3 Å². The first kappa shape index (κ1) is 10.0. The number of thiazole rings is 1. The normalized spacial score (nSPS) is 10.2. The van der Waals surface area contributed by atoms with Crippen molar-refractivity contribution in [2.24, 2.45) is 0 Å². The van der Waals surface area contributed by atoms with Gasteiger partial charge in [0.15, 0.2) is 0 Å². The zero-order valence-electron chi connectivity index (χ0n) is 8.47. The van der Waals surface area contributed by atoms with Gasteiger partial charge in [-0.2, -0.15) is 0 Å². The van der Waals surface area contributed by atoms with E-state index in [0.29, 0.717) is 5.95 Å². The molecule has 4 nitrogen and oxygen atoms in total. The van der Waals surface area contributed by atoms with E-state index in [2.05, 4.69) is 20.3 Å². The van der Waals surface area contributed by atoms with Crippen LogP contribution in [0.4, 0.5) is 5.95 Å². The molecular formula is C10H12N4S.